The summed E-state index contributed by atoms with van der Waals surface area (Å²) in [7, 11) is 0. The maximum atomic E-state index is 10.6. The largest absolute Gasteiger partial charge is 0.391 e. The second-order valence-electron chi connectivity index (χ2n) is 4.10. The molecule has 0 atom stereocenters. The highest BCUT2D eigenvalue weighted by molar-refractivity contribution is 6.36. The van der Waals surface area contributed by atoms with Gasteiger partial charge in [0.15, 0.2) is 0 Å². The molecule has 7 heteroatoms. The summed E-state index contributed by atoms with van der Waals surface area (Å²) in [6, 6.07) is 11.2. The third-order valence-electron chi connectivity index (χ3n) is 2.58. The summed E-state index contributed by atoms with van der Waals surface area (Å²) in [6.07, 6.45) is 1.45. The predicted molar refractivity (Wildman–Crippen MR) is 81.9 cm³/mol. The highest BCUT2D eigenvalue weighted by Gasteiger charge is 2.05. The molecule has 0 amide bonds. The molecule has 0 fully saturated rings. The number of hydrogen-bond donors (Lipinski definition) is 0. The number of oxime groups is 1. The molecule has 0 aliphatic heterocycles. The number of rotatable bonds is 5. The van der Waals surface area contributed by atoms with Gasteiger partial charge in [0, 0.05) is 22.7 Å². The lowest BCUT2D eigenvalue weighted by atomic mass is 10.2. The van der Waals surface area contributed by atoms with Crippen molar-refractivity contribution in [2.45, 2.75) is 6.61 Å². The zero-order valence-corrected chi connectivity index (χ0v) is 12.2. The molecule has 0 heterocycles. The summed E-state index contributed by atoms with van der Waals surface area (Å²) in [4.78, 5) is 15.3. The van der Waals surface area contributed by atoms with Crippen molar-refractivity contribution in [3.05, 3.63) is 73.8 Å². The standard InChI is InChI=1S/C14H10Cl2N2O3/c15-12-5-4-11(14(16)7-12)8-17-21-9-10-2-1-3-13(6-10)18(19)20/h1-8H,9H2/b17-8-. The van der Waals surface area contributed by atoms with E-state index in [1.165, 1.54) is 18.3 Å². The molecule has 0 spiro atoms. The van der Waals surface area contributed by atoms with Crippen LogP contribution in [0.15, 0.2) is 47.6 Å². The molecule has 0 unspecified atom stereocenters. The Kier molecular flexibility index (Phi) is 5.14. The summed E-state index contributed by atoms with van der Waals surface area (Å²) in [5.74, 6) is 0. The lowest BCUT2D eigenvalue weighted by molar-refractivity contribution is -0.384. The fraction of sp³-hybridized carbons (Fsp3) is 0.0714. The molecule has 0 aromatic heterocycles. The van der Waals surface area contributed by atoms with Crippen LogP contribution in [0.1, 0.15) is 11.1 Å². The fourth-order valence-corrected chi connectivity index (χ4v) is 2.03. The van der Waals surface area contributed by atoms with Gasteiger partial charge in [0.05, 0.1) is 16.2 Å². The van der Waals surface area contributed by atoms with Gasteiger partial charge in [-0.25, -0.2) is 0 Å². The first-order valence-corrected chi connectivity index (χ1v) is 6.65. The van der Waals surface area contributed by atoms with E-state index in [0.717, 1.165) is 0 Å². The number of nitrogens with zero attached hydrogens (tertiary/aromatic N) is 2. The average Bonchev–Trinajstić information content (AvgIpc) is 2.45. The van der Waals surface area contributed by atoms with Crippen molar-refractivity contribution in [2.75, 3.05) is 0 Å². The second-order valence-corrected chi connectivity index (χ2v) is 4.94. The molecule has 2 rings (SSSR count). The molecule has 5 nitrogen and oxygen atoms in total. The Morgan fingerprint density at radius 2 is 2.05 bits per heavy atom. The van der Waals surface area contributed by atoms with Gasteiger partial charge in [0.25, 0.3) is 5.69 Å². The molecular weight excluding hydrogens is 315 g/mol. The quantitative estimate of drug-likeness (QED) is 0.463. The first-order valence-electron chi connectivity index (χ1n) is 5.90. The minimum atomic E-state index is -0.458. The van der Waals surface area contributed by atoms with Gasteiger partial charge >= 0.3 is 0 Å². The van der Waals surface area contributed by atoms with Crippen LogP contribution in [0, 0.1) is 10.1 Å². The molecule has 0 aliphatic carbocycles. The van der Waals surface area contributed by atoms with Crippen LogP contribution in [0.2, 0.25) is 10.0 Å². The molecular formula is C14H10Cl2N2O3. The summed E-state index contributed by atoms with van der Waals surface area (Å²) < 4.78 is 0. The normalized spacial score (nSPS) is 10.8. The molecule has 2 aromatic carbocycles. The van der Waals surface area contributed by atoms with Crippen LogP contribution < -0.4 is 0 Å². The van der Waals surface area contributed by atoms with Crippen molar-refractivity contribution < 1.29 is 9.76 Å². The van der Waals surface area contributed by atoms with E-state index in [1.807, 2.05) is 0 Å². The first kappa shape index (κ1) is 15.3. The van der Waals surface area contributed by atoms with Crippen molar-refractivity contribution >= 4 is 35.1 Å². The monoisotopic (exact) mass is 324 g/mol. The summed E-state index contributed by atoms with van der Waals surface area (Å²) in [5.41, 5.74) is 1.34. The van der Waals surface area contributed by atoms with E-state index in [4.69, 9.17) is 28.0 Å². The third kappa shape index (κ3) is 4.44. The molecule has 2 aromatic rings. The minimum absolute atomic E-state index is 0.0147. The van der Waals surface area contributed by atoms with Gasteiger partial charge in [0.1, 0.15) is 6.61 Å². The third-order valence-corrected chi connectivity index (χ3v) is 3.14. The molecule has 0 bridgehead atoms. The van der Waals surface area contributed by atoms with Gasteiger partial charge in [-0.1, -0.05) is 46.6 Å². The highest BCUT2D eigenvalue weighted by atomic mass is 35.5. The molecule has 0 aliphatic rings. The number of non-ortho nitro benzene ring substituents is 1. The summed E-state index contributed by atoms with van der Waals surface area (Å²) >= 11 is 11.8. The van der Waals surface area contributed by atoms with Crippen LogP contribution in [-0.2, 0) is 11.4 Å². The van der Waals surface area contributed by atoms with Crippen LogP contribution in [0.25, 0.3) is 0 Å². The second kappa shape index (κ2) is 7.06. The van der Waals surface area contributed by atoms with E-state index in [1.54, 1.807) is 30.3 Å². The SMILES string of the molecule is O=[N+]([O-])c1cccc(CO/N=C\c2ccc(Cl)cc2Cl)c1. The summed E-state index contributed by atoms with van der Waals surface area (Å²) in [6.45, 7) is 0.128. The Morgan fingerprint density at radius 3 is 2.76 bits per heavy atom. The van der Waals surface area contributed by atoms with Gasteiger partial charge in [-0.15, -0.1) is 0 Å². The van der Waals surface area contributed by atoms with Crippen molar-refractivity contribution in [1.82, 2.24) is 0 Å². The number of benzene rings is 2. The maximum absolute atomic E-state index is 10.6. The first-order chi connectivity index (χ1) is 10.1. The Labute approximate surface area is 130 Å². The van der Waals surface area contributed by atoms with Gasteiger partial charge in [0.2, 0.25) is 0 Å². The Hall–Kier alpha value is -2.11. The van der Waals surface area contributed by atoms with Crippen LogP contribution in [0.4, 0.5) is 5.69 Å². The fourth-order valence-electron chi connectivity index (χ4n) is 1.57. The molecule has 0 radical (unpaired) electrons. The van der Waals surface area contributed by atoms with Crippen LogP contribution in [0.5, 0.6) is 0 Å². The zero-order valence-electron chi connectivity index (χ0n) is 10.7. The predicted octanol–water partition coefficient (Wildman–Crippen LogP) is 4.45. The molecule has 0 saturated carbocycles. The topological polar surface area (TPSA) is 64.7 Å². The van der Waals surface area contributed by atoms with Crippen molar-refractivity contribution in [1.29, 1.82) is 0 Å². The van der Waals surface area contributed by atoms with Gasteiger partial charge in [-0.3, -0.25) is 10.1 Å². The van der Waals surface area contributed by atoms with Crippen LogP contribution >= 0.6 is 23.2 Å². The van der Waals surface area contributed by atoms with Crippen LogP contribution in [0.3, 0.4) is 0 Å². The Morgan fingerprint density at radius 1 is 1.24 bits per heavy atom. The molecule has 108 valence electrons. The van der Waals surface area contributed by atoms with Crippen molar-refractivity contribution in [3.63, 3.8) is 0 Å². The number of nitro groups is 1. The van der Waals surface area contributed by atoms with E-state index in [-0.39, 0.29) is 12.3 Å². The molecule has 0 saturated heterocycles. The average molecular weight is 325 g/mol. The summed E-state index contributed by atoms with van der Waals surface area (Å²) in [5, 5.41) is 15.4. The van der Waals surface area contributed by atoms with Crippen molar-refractivity contribution in [2.24, 2.45) is 5.16 Å². The number of nitro benzene ring substituents is 1. The number of hydrogen-bond acceptors (Lipinski definition) is 4. The molecule has 0 N–H and O–H groups in total. The Bertz CT molecular complexity index is 690. The maximum Gasteiger partial charge on any atom is 0.269 e. The van der Waals surface area contributed by atoms with E-state index in [2.05, 4.69) is 5.16 Å². The highest BCUT2D eigenvalue weighted by Crippen LogP contribution is 2.19. The van der Waals surface area contributed by atoms with Crippen LogP contribution in [-0.4, -0.2) is 11.1 Å². The lowest BCUT2D eigenvalue weighted by Crippen LogP contribution is -1.92. The van der Waals surface area contributed by atoms with E-state index in [0.29, 0.717) is 21.2 Å². The van der Waals surface area contributed by atoms with E-state index in [9.17, 15) is 10.1 Å². The van der Waals surface area contributed by atoms with E-state index >= 15 is 0 Å². The zero-order chi connectivity index (χ0) is 15.2. The number of halogens is 2. The van der Waals surface area contributed by atoms with E-state index < -0.39 is 4.92 Å². The van der Waals surface area contributed by atoms with Crippen molar-refractivity contribution in [3.8, 4) is 0 Å². The Balaban J connectivity index is 1.96. The minimum Gasteiger partial charge on any atom is -0.391 e. The lowest BCUT2D eigenvalue weighted by Gasteiger charge is -2.01. The smallest absolute Gasteiger partial charge is 0.269 e. The molecule has 21 heavy (non-hydrogen) atoms. The van der Waals surface area contributed by atoms with Gasteiger partial charge in [-0.05, 0) is 17.7 Å². The van der Waals surface area contributed by atoms with Gasteiger partial charge in [-0.2, -0.15) is 0 Å². The van der Waals surface area contributed by atoms with Gasteiger partial charge < -0.3 is 4.84 Å².